The molecule has 0 N–H and O–H groups in total. The summed E-state index contributed by atoms with van der Waals surface area (Å²) in [4.78, 5) is 9.14. The predicted octanol–water partition coefficient (Wildman–Crippen LogP) is 3.23. The van der Waals surface area contributed by atoms with Crippen LogP contribution in [0.2, 0.25) is 0 Å². The van der Waals surface area contributed by atoms with Crippen molar-refractivity contribution in [1.29, 1.82) is 0 Å². The zero-order chi connectivity index (χ0) is 22.1. The van der Waals surface area contributed by atoms with Crippen molar-refractivity contribution in [3.63, 3.8) is 0 Å². The lowest BCUT2D eigenvalue weighted by Gasteiger charge is -2.35. The highest BCUT2D eigenvalue weighted by Crippen LogP contribution is 2.27. The molecule has 166 valence electrons. The molecular weight excluding hydrogens is 411 g/mol. The monoisotopic (exact) mass is 435 g/mol. The molecule has 1 aliphatic heterocycles. The molecule has 1 fully saturated rings. The molecule has 31 heavy (non-hydrogen) atoms. The van der Waals surface area contributed by atoms with Gasteiger partial charge in [-0.3, -0.25) is 4.90 Å². The third kappa shape index (κ3) is 6.95. The van der Waals surface area contributed by atoms with Gasteiger partial charge in [0.25, 0.3) is 0 Å². The number of hydrogen-bond donors (Lipinski definition) is 0. The Labute approximate surface area is 178 Å². The van der Waals surface area contributed by atoms with Crippen LogP contribution in [0.5, 0.6) is 5.75 Å². The summed E-state index contributed by atoms with van der Waals surface area (Å²) in [6, 6.07) is 9.86. The molecule has 0 spiro atoms. The fourth-order valence-corrected chi connectivity index (χ4v) is 2.98. The second-order valence-electron chi connectivity index (χ2n) is 6.84. The van der Waals surface area contributed by atoms with Gasteiger partial charge >= 0.3 is 6.18 Å². The van der Waals surface area contributed by atoms with Crippen molar-refractivity contribution < 1.29 is 22.7 Å². The van der Waals surface area contributed by atoms with Crippen molar-refractivity contribution in [2.24, 2.45) is 5.16 Å². The number of piperazine rings is 1. The van der Waals surface area contributed by atoms with Crippen LogP contribution in [-0.2, 0) is 11.0 Å². The van der Waals surface area contributed by atoms with Crippen molar-refractivity contribution in [3.8, 4) is 5.75 Å². The number of benzene rings is 1. The molecule has 0 bridgehead atoms. The van der Waals surface area contributed by atoms with Gasteiger partial charge in [0.15, 0.2) is 11.5 Å². The van der Waals surface area contributed by atoms with Gasteiger partial charge in [-0.05, 0) is 42.0 Å². The molecule has 0 atom stereocenters. The summed E-state index contributed by atoms with van der Waals surface area (Å²) in [6.45, 7) is 8.08. The third-order valence-corrected chi connectivity index (χ3v) is 4.66. The van der Waals surface area contributed by atoms with Gasteiger partial charge in [0, 0.05) is 32.7 Å². The summed E-state index contributed by atoms with van der Waals surface area (Å²) in [5.74, 6) is 1.23. The topological polar surface area (TPSA) is 63.1 Å². The molecule has 3 rings (SSSR count). The first-order chi connectivity index (χ1) is 15.0. The highest BCUT2D eigenvalue weighted by molar-refractivity contribution is 5.79. The maximum absolute atomic E-state index is 12.6. The summed E-state index contributed by atoms with van der Waals surface area (Å²) in [7, 11) is 0. The van der Waals surface area contributed by atoms with Crippen LogP contribution in [0.1, 0.15) is 11.3 Å². The lowest BCUT2D eigenvalue weighted by Crippen LogP contribution is -2.47. The molecule has 0 saturated carbocycles. The van der Waals surface area contributed by atoms with Crippen LogP contribution < -0.4 is 9.64 Å². The average Bonchev–Trinajstić information content (AvgIpc) is 2.78. The molecule has 2 aromatic rings. The Hall–Kier alpha value is -3.14. The number of rotatable bonds is 9. The molecule has 2 heterocycles. The summed E-state index contributed by atoms with van der Waals surface area (Å²) < 4.78 is 43.6. The van der Waals surface area contributed by atoms with Gasteiger partial charge in [0.2, 0.25) is 0 Å². The number of alkyl halides is 3. The quantitative estimate of drug-likeness (QED) is 0.261. The Kier molecular flexibility index (Phi) is 7.82. The van der Waals surface area contributed by atoms with E-state index < -0.39 is 11.9 Å². The number of hydrogen-bond acceptors (Lipinski definition) is 7. The molecule has 1 aromatic carbocycles. The van der Waals surface area contributed by atoms with Crippen molar-refractivity contribution >= 4 is 12.0 Å². The molecule has 1 aliphatic rings. The van der Waals surface area contributed by atoms with Gasteiger partial charge in [-0.15, -0.1) is 10.2 Å². The summed E-state index contributed by atoms with van der Waals surface area (Å²) in [5.41, 5.74) is -0.0766. The minimum Gasteiger partial charge on any atom is -0.492 e. The van der Waals surface area contributed by atoms with Crippen LogP contribution in [0.4, 0.5) is 19.0 Å². The molecular formula is C21H24F3N5O2. The van der Waals surface area contributed by atoms with E-state index in [2.05, 4.69) is 26.8 Å². The highest BCUT2D eigenvalue weighted by atomic mass is 19.4. The van der Waals surface area contributed by atoms with Crippen LogP contribution in [0.3, 0.4) is 0 Å². The van der Waals surface area contributed by atoms with Crippen LogP contribution >= 0.6 is 0 Å². The first kappa shape index (κ1) is 22.5. The van der Waals surface area contributed by atoms with Crippen molar-refractivity contribution in [1.82, 2.24) is 15.1 Å². The number of nitrogens with zero attached hydrogens (tertiary/aromatic N) is 5. The Morgan fingerprint density at radius 2 is 1.77 bits per heavy atom. The Morgan fingerprint density at radius 1 is 1.03 bits per heavy atom. The molecule has 7 nitrogen and oxygen atoms in total. The molecule has 0 aliphatic carbocycles. The molecule has 10 heteroatoms. The van der Waals surface area contributed by atoms with Crippen LogP contribution in [-0.4, -0.2) is 67.2 Å². The molecule has 0 unspecified atom stereocenters. The third-order valence-electron chi connectivity index (χ3n) is 4.66. The fraction of sp³-hybridized carbons (Fsp3) is 0.381. The SMILES string of the molecule is C=CCON=Cc1ccc(OCCN2CCN(c3ccc(C(F)(F)F)nn3)CC2)cc1. The number of anilines is 1. The molecule has 0 amide bonds. The zero-order valence-electron chi connectivity index (χ0n) is 17.0. The van der Waals surface area contributed by atoms with Crippen LogP contribution in [0, 0.1) is 0 Å². The van der Waals surface area contributed by atoms with Gasteiger partial charge in [-0.2, -0.15) is 13.2 Å². The zero-order valence-corrected chi connectivity index (χ0v) is 17.0. The standard InChI is InChI=1S/C21H24F3N5O2/c1-2-14-31-25-16-17-3-5-18(6-4-17)30-15-13-28-9-11-29(12-10-28)20-8-7-19(26-27-20)21(22,23)24/h2-8,16H,1,9-15H2. The first-order valence-electron chi connectivity index (χ1n) is 9.83. The first-order valence-corrected chi connectivity index (χ1v) is 9.83. The van der Waals surface area contributed by atoms with Gasteiger partial charge in [-0.25, -0.2) is 0 Å². The van der Waals surface area contributed by atoms with E-state index in [0.717, 1.165) is 37.0 Å². The average molecular weight is 435 g/mol. The van der Waals surface area contributed by atoms with Crippen molar-refractivity contribution in [2.45, 2.75) is 6.18 Å². The van der Waals surface area contributed by atoms with E-state index in [0.29, 0.717) is 32.1 Å². The van der Waals surface area contributed by atoms with Gasteiger partial charge in [-0.1, -0.05) is 17.8 Å². The van der Waals surface area contributed by atoms with Crippen LogP contribution in [0.15, 0.2) is 54.2 Å². The van der Waals surface area contributed by atoms with E-state index in [1.165, 1.54) is 6.07 Å². The lowest BCUT2D eigenvalue weighted by atomic mass is 10.2. The number of ether oxygens (including phenoxy) is 1. The summed E-state index contributed by atoms with van der Waals surface area (Å²) in [5, 5.41) is 10.8. The van der Waals surface area contributed by atoms with E-state index in [1.807, 2.05) is 29.2 Å². The minimum absolute atomic E-state index is 0.365. The van der Waals surface area contributed by atoms with Crippen molar-refractivity contribution in [2.75, 3.05) is 50.8 Å². The molecule has 1 saturated heterocycles. The van der Waals surface area contributed by atoms with Crippen LogP contribution in [0.25, 0.3) is 0 Å². The summed E-state index contributed by atoms with van der Waals surface area (Å²) >= 11 is 0. The largest absolute Gasteiger partial charge is 0.492 e. The number of aromatic nitrogens is 2. The normalized spacial score (nSPS) is 15.3. The number of oxime groups is 1. The Morgan fingerprint density at radius 3 is 2.39 bits per heavy atom. The van der Waals surface area contributed by atoms with Crippen molar-refractivity contribution in [3.05, 3.63) is 60.3 Å². The second kappa shape index (κ2) is 10.8. The lowest BCUT2D eigenvalue weighted by molar-refractivity contribution is -0.141. The van der Waals surface area contributed by atoms with E-state index in [9.17, 15) is 13.2 Å². The predicted molar refractivity (Wildman–Crippen MR) is 111 cm³/mol. The number of halogens is 3. The second-order valence-corrected chi connectivity index (χ2v) is 6.84. The van der Waals surface area contributed by atoms with E-state index >= 15 is 0 Å². The highest BCUT2D eigenvalue weighted by Gasteiger charge is 2.33. The Balaban J connectivity index is 1.37. The van der Waals surface area contributed by atoms with Gasteiger partial charge in [0.05, 0.1) is 6.21 Å². The maximum Gasteiger partial charge on any atom is 0.435 e. The smallest absolute Gasteiger partial charge is 0.435 e. The van der Waals surface area contributed by atoms with E-state index in [1.54, 1.807) is 12.3 Å². The summed E-state index contributed by atoms with van der Waals surface area (Å²) in [6.07, 6.45) is -1.23. The minimum atomic E-state index is -4.47. The molecule has 1 aromatic heterocycles. The fourth-order valence-electron chi connectivity index (χ4n) is 2.98. The Bertz CT molecular complexity index is 849. The van der Waals surface area contributed by atoms with E-state index in [4.69, 9.17) is 9.57 Å². The molecule has 0 radical (unpaired) electrons. The van der Waals surface area contributed by atoms with Gasteiger partial charge < -0.3 is 14.5 Å². The van der Waals surface area contributed by atoms with E-state index in [-0.39, 0.29) is 0 Å². The maximum atomic E-state index is 12.6. The van der Waals surface area contributed by atoms with Gasteiger partial charge in [0.1, 0.15) is 19.0 Å².